The molecule has 402 valence electrons. The topological polar surface area (TPSA) is 93.1 Å². The Morgan fingerprint density at radius 3 is 1.81 bits per heavy atom. The molecule has 1 saturated heterocycles. The molecule has 0 aromatic carbocycles. The molecule has 9 aliphatic rings. The standard InChI is InChI=1S/C63H111N3O4/c1-7-9-11-13-15-16-18-20-22-47(21-19-17-14-12-10-8-2)44-66(57(38-46-29-33-65(6)34-30-46)60(70)64-63-41-48-35-49(42-63)37-50(36-48)43-63)59(69)26-23-45(3)53-24-25-54-52-40-58(68)56-39-51(67)27-31-62(56,5)55(52)28-32-61(53,54)4/h45-58,67-68H,7-44H2,1-6H3,(H,64,70). The summed E-state index contributed by atoms with van der Waals surface area (Å²) in [6.07, 6.45) is 40.9. The molecule has 8 aliphatic carbocycles. The van der Waals surface area contributed by atoms with Crippen molar-refractivity contribution in [2.45, 2.75) is 283 Å². The van der Waals surface area contributed by atoms with E-state index in [4.69, 9.17) is 0 Å². The van der Waals surface area contributed by atoms with E-state index in [1.165, 1.54) is 148 Å². The number of nitrogens with one attached hydrogen (secondary N) is 1. The van der Waals surface area contributed by atoms with E-state index in [1.807, 2.05) is 0 Å². The molecule has 9 fully saturated rings. The molecule has 7 nitrogen and oxygen atoms in total. The lowest BCUT2D eigenvalue weighted by Gasteiger charge is -2.62. The summed E-state index contributed by atoms with van der Waals surface area (Å²) in [6, 6.07) is -0.373. The number of hydrogen-bond donors (Lipinski definition) is 3. The summed E-state index contributed by atoms with van der Waals surface area (Å²) in [6.45, 7) is 15.1. The van der Waals surface area contributed by atoms with Gasteiger partial charge in [-0.2, -0.15) is 0 Å². The highest BCUT2D eigenvalue weighted by molar-refractivity contribution is 5.88. The smallest absolute Gasteiger partial charge is 0.243 e. The zero-order valence-corrected chi connectivity index (χ0v) is 46.6. The minimum atomic E-state index is -0.373. The highest BCUT2D eigenvalue weighted by Crippen LogP contribution is 2.68. The van der Waals surface area contributed by atoms with Crippen LogP contribution in [0.4, 0.5) is 0 Å². The maximum Gasteiger partial charge on any atom is 0.243 e. The first-order valence-electron chi connectivity index (χ1n) is 31.4. The van der Waals surface area contributed by atoms with E-state index in [0.29, 0.717) is 47.8 Å². The summed E-state index contributed by atoms with van der Waals surface area (Å²) in [7, 11) is 2.25. The molecule has 1 aliphatic heterocycles. The maximum absolute atomic E-state index is 15.6. The largest absolute Gasteiger partial charge is 0.393 e. The van der Waals surface area contributed by atoms with Crippen molar-refractivity contribution < 1.29 is 19.8 Å². The first kappa shape index (κ1) is 55.1. The summed E-state index contributed by atoms with van der Waals surface area (Å²) in [5.41, 5.74) is 0.316. The van der Waals surface area contributed by atoms with Gasteiger partial charge in [-0.15, -0.1) is 0 Å². The Balaban J connectivity index is 1.00. The number of nitrogens with zero attached hydrogens (tertiary/aromatic N) is 2. The van der Waals surface area contributed by atoms with Crippen molar-refractivity contribution in [1.29, 1.82) is 0 Å². The summed E-state index contributed by atoms with van der Waals surface area (Å²) in [5.74, 6) is 6.82. The fourth-order valence-electron chi connectivity index (χ4n) is 19.3. The van der Waals surface area contributed by atoms with E-state index >= 15 is 9.59 Å². The van der Waals surface area contributed by atoms with Crippen molar-refractivity contribution in [3.05, 3.63) is 0 Å². The quantitative estimate of drug-likeness (QED) is 0.0713. The van der Waals surface area contributed by atoms with Gasteiger partial charge in [0.25, 0.3) is 0 Å². The van der Waals surface area contributed by atoms with Crippen molar-refractivity contribution >= 4 is 11.8 Å². The number of carbonyl (C=O) groups is 2. The lowest BCUT2D eigenvalue weighted by atomic mass is 9.44. The summed E-state index contributed by atoms with van der Waals surface area (Å²) in [5, 5.41) is 26.3. The third-order valence-electron chi connectivity index (χ3n) is 22.9. The number of aliphatic hydroxyl groups excluding tert-OH is 2. The predicted molar refractivity (Wildman–Crippen MR) is 289 cm³/mol. The molecule has 0 radical (unpaired) electrons. The van der Waals surface area contributed by atoms with E-state index in [0.717, 1.165) is 108 Å². The second kappa shape index (κ2) is 25.1. The predicted octanol–water partition coefficient (Wildman–Crippen LogP) is 14.3. The normalized spacial score (nSPS) is 38.4. The minimum absolute atomic E-state index is 0.0620. The second-order valence-corrected chi connectivity index (χ2v) is 27.9. The lowest BCUT2D eigenvalue weighted by Crippen LogP contribution is -2.63. The Morgan fingerprint density at radius 2 is 1.21 bits per heavy atom. The molecule has 4 bridgehead atoms. The van der Waals surface area contributed by atoms with Crippen LogP contribution in [0, 0.1) is 75.9 Å². The highest BCUT2D eigenvalue weighted by Gasteiger charge is 2.62. The molecule has 12 unspecified atom stereocenters. The van der Waals surface area contributed by atoms with Gasteiger partial charge < -0.3 is 25.3 Å². The van der Waals surface area contributed by atoms with Gasteiger partial charge in [0.1, 0.15) is 6.04 Å². The lowest BCUT2D eigenvalue weighted by molar-refractivity contribution is -0.172. The first-order chi connectivity index (χ1) is 33.7. The van der Waals surface area contributed by atoms with Crippen LogP contribution >= 0.6 is 0 Å². The summed E-state index contributed by atoms with van der Waals surface area (Å²) >= 11 is 0. The fourth-order valence-corrected chi connectivity index (χ4v) is 19.3. The summed E-state index contributed by atoms with van der Waals surface area (Å²) < 4.78 is 0. The fraction of sp³-hybridized carbons (Fsp3) is 0.968. The SMILES string of the molecule is CCCCCCCCCCC(CCCCCCCC)CN(C(=O)CCC(C)C1CCC2C3CC(O)C4CC(O)CCC4(C)C3CCC12C)C(CC1CCN(C)CC1)C(=O)NC12CC3CC(CC(C3)C1)C2. The van der Waals surface area contributed by atoms with Gasteiger partial charge in [-0.3, -0.25) is 9.59 Å². The average molecular weight is 975 g/mol. The van der Waals surface area contributed by atoms with Gasteiger partial charge in [0, 0.05) is 18.5 Å². The Morgan fingerprint density at radius 1 is 0.657 bits per heavy atom. The number of rotatable bonds is 27. The Hall–Kier alpha value is -1.18. The maximum atomic E-state index is 15.6. The number of unbranched alkanes of at least 4 members (excludes halogenated alkanes) is 12. The Kier molecular flexibility index (Phi) is 19.8. The van der Waals surface area contributed by atoms with Crippen LogP contribution in [0.1, 0.15) is 259 Å². The number of amides is 2. The molecule has 0 aromatic rings. The van der Waals surface area contributed by atoms with Crippen LogP contribution in [-0.2, 0) is 9.59 Å². The van der Waals surface area contributed by atoms with E-state index in [1.54, 1.807) is 0 Å². The van der Waals surface area contributed by atoms with Gasteiger partial charge in [-0.1, -0.05) is 125 Å². The molecule has 9 rings (SSSR count). The molecule has 7 heteroatoms. The number of fused-ring (bicyclic) bond motifs is 5. The van der Waals surface area contributed by atoms with Gasteiger partial charge in [0.2, 0.25) is 11.8 Å². The van der Waals surface area contributed by atoms with Crippen LogP contribution in [0.2, 0.25) is 0 Å². The summed E-state index contributed by atoms with van der Waals surface area (Å²) in [4.78, 5) is 35.9. The zero-order chi connectivity index (χ0) is 49.5. The van der Waals surface area contributed by atoms with Gasteiger partial charge in [-0.05, 0) is 224 Å². The third kappa shape index (κ3) is 13.1. The van der Waals surface area contributed by atoms with Gasteiger partial charge in [0.15, 0.2) is 0 Å². The van der Waals surface area contributed by atoms with Crippen molar-refractivity contribution in [1.82, 2.24) is 15.1 Å². The van der Waals surface area contributed by atoms with E-state index in [-0.39, 0.29) is 52.4 Å². The molecule has 0 spiro atoms. The third-order valence-corrected chi connectivity index (χ3v) is 22.9. The molecular weight excluding hydrogens is 863 g/mol. The number of piperidine rings is 1. The van der Waals surface area contributed by atoms with Crippen LogP contribution < -0.4 is 5.32 Å². The van der Waals surface area contributed by atoms with E-state index < -0.39 is 0 Å². The molecular formula is C63H111N3O4. The van der Waals surface area contributed by atoms with Crippen molar-refractivity contribution in [3.63, 3.8) is 0 Å². The van der Waals surface area contributed by atoms with Crippen LogP contribution in [0.5, 0.6) is 0 Å². The number of carbonyl (C=O) groups excluding carboxylic acids is 2. The Bertz CT molecular complexity index is 1590. The Labute approximate surface area is 430 Å². The van der Waals surface area contributed by atoms with Crippen molar-refractivity contribution in [2.75, 3.05) is 26.7 Å². The van der Waals surface area contributed by atoms with Crippen molar-refractivity contribution in [2.24, 2.45) is 75.9 Å². The molecule has 70 heavy (non-hydrogen) atoms. The van der Waals surface area contributed by atoms with Crippen molar-refractivity contribution in [3.8, 4) is 0 Å². The molecule has 12 atom stereocenters. The van der Waals surface area contributed by atoms with Crippen LogP contribution in [0.3, 0.4) is 0 Å². The van der Waals surface area contributed by atoms with Gasteiger partial charge >= 0.3 is 0 Å². The molecule has 2 amide bonds. The molecule has 8 saturated carbocycles. The number of likely N-dealkylation sites (tertiary alicyclic amines) is 1. The first-order valence-corrected chi connectivity index (χ1v) is 31.4. The van der Waals surface area contributed by atoms with Crippen LogP contribution in [-0.4, -0.2) is 82.3 Å². The number of aliphatic hydroxyl groups is 2. The monoisotopic (exact) mass is 974 g/mol. The second-order valence-electron chi connectivity index (χ2n) is 27.9. The zero-order valence-electron chi connectivity index (χ0n) is 46.6. The number of hydrogen-bond acceptors (Lipinski definition) is 5. The molecule has 0 aromatic heterocycles. The van der Waals surface area contributed by atoms with Crippen LogP contribution in [0.15, 0.2) is 0 Å². The average Bonchev–Trinajstić information content (AvgIpc) is 3.69. The molecule has 1 heterocycles. The van der Waals surface area contributed by atoms with Crippen LogP contribution in [0.25, 0.3) is 0 Å². The van der Waals surface area contributed by atoms with E-state index in [9.17, 15) is 10.2 Å². The van der Waals surface area contributed by atoms with Gasteiger partial charge in [0.05, 0.1) is 12.2 Å². The minimum Gasteiger partial charge on any atom is -0.393 e. The van der Waals surface area contributed by atoms with E-state index in [2.05, 4.69) is 56.8 Å². The van der Waals surface area contributed by atoms with Gasteiger partial charge in [-0.25, -0.2) is 0 Å². The molecule has 3 N–H and O–H groups in total. The highest BCUT2D eigenvalue weighted by atomic mass is 16.3.